The minimum Gasteiger partial charge on any atom is -0.302 e. The summed E-state index contributed by atoms with van der Waals surface area (Å²) >= 11 is 4.84. The first-order chi connectivity index (χ1) is 11.5. The summed E-state index contributed by atoms with van der Waals surface area (Å²) in [6.45, 7) is 4.18. The Morgan fingerprint density at radius 3 is 2.58 bits per heavy atom. The summed E-state index contributed by atoms with van der Waals surface area (Å²) in [6.07, 6.45) is 0.339. The molecule has 1 heterocycles. The van der Waals surface area contributed by atoms with Crippen molar-refractivity contribution in [2.45, 2.75) is 20.3 Å². The van der Waals surface area contributed by atoms with E-state index in [0.717, 1.165) is 21.3 Å². The van der Waals surface area contributed by atoms with E-state index in [-0.39, 0.29) is 5.91 Å². The molecule has 122 valence electrons. The average molecular weight is 401 g/mol. The van der Waals surface area contributed by atoms with Gasteiger partial charge in [-0.05, 0) is 48.7 Å². The molecule has 0 aliphatic carbocycles. The Kier molecular flexibility index (Phi) is 5.11. The number of hydrogen-bond donors (Lipinski definition) is 1. The van der Waals surface area contributed by atoms with E-state index in [1.165, 1.54) is 22.5 Å². The molecule has 0 saturated carbocycles. The van der Waals surface area contributed by atoms with Crippen LogP contribution in [-0.4, -0.2) is 10.9 Å². The van der Waals surface area contributed by atoms with E-state index in [4.69, 9.17) is 0 Å². The summed E-state index contributed by atoms with van der Waals surface area (Å²) in [5, 5.41) is 5.48. The lowest BCUT2D eigenvalue weighted by Crippen LogP contribution is -2.14. The Hall–Kier alpha value is -1.98. The third kappa shape index (κ3) is 4.10. The lowest BCUT2D eigenvalue weighted by molar-refractivity contribution is -0.115. The van der Waals surface area contributed by atoms with E-state index in [2.05, 4.69) is 58.3 Å². The first kappa shape index (κ1) is 16.9. The topological polar surface area (TPSA) is 42.0 Å². The largest absolute Gasteiger partial charge is 0.302 e. The number of hydrogen-bond acceptors (Lipinski definition) is 3. The smallest absolute Gasteiger partial charge is 0.230 e. The van der Waals surface area contributed by atoms with Crippen molar-refractivity contribution >= 4 is 38.3 Å². The second-order valence-electron chi connectivity index (χ2n) is 5.69. The van der Waals surface area contributed by atoms with Gasteiger partial charge >= 0.3 is 0 Å². The Bertz CT molecular complexity index is 871. The number of anilines is 1. The van der Waals surface area contributed by atoms with Crippen LogP contribution in [0.1, 0.15) is 16.7 Å². The van der Waals surface area contributed by atoms with Crippen molar-refractivity contribution in [3.05, 3.63) is 69.0 Å². The van der Waals surface area contributed by atoms with Crippen LogP contribution >= 0.6 is 27.3 Å². The zero-order chi connectivity index (χ0) is 17.1. The van der Waals surface area contributed by atoms with Crippen molar-refractivity contribution in [1.29, 1.82) is 0 Å². The van der Waals surface area contributed by atoms with E-state index in [0.29, 0.717) is 11.6 Å². The predicted molar refractivity (Wildman–Crippen MR) is 103 cm³/mol. The molecule has 0 atom stereocenters. The van der Waals surface area contributed by atoms with E-state index in [9.17, 15) is 4.79 Å². The van der Waals surface area contributed by atoms with Crippen LogP contribution in [0.25, 0.3) is 11.3 Å². The van der Waals surface area contributed by atoms with Crippen molar-refractivity contribution in [3.8, 4) is 11.3 Å². The number of nitrogens with one attached hydrogen (secondary N) is 1. The van der Waals surface area contributed by atoms with Crippen LogP contribution in [0.3, 0.4) is 0 Å². The standard InChI is InChI=1S/C19H17BrN2OS/c1-12-3-6-15(9-13(12)2)17-11-24-19(21-17)22-18(23)10-14-4-7-16(20)8-5-14/h3-9,11H,10H2,1-2H3,(H,21,22,23). The van der Waals surface area contributed by atoms with E-state index in [1.54, 1.807) is 0 Å². The van der Waals surface area contributed by atoms with Crippen molar-refractivity contribution in [3.63, 3.8) is 0 Å². The maximum atomic E-state index is 12.2. The molecule has 0 spiro atoms. The summed E-state index contributed by atoms with van der Waals surface area (Å²) in [5.74, 6) is -0.0571. The molecule has 3 rings (SSSR count). The van der Waals surface area contributed by atoms with Crippen molar-refractivity contribution in [1.82, 2.24) is 4.98 Å². The zero-order valence-electron chi connectivity index (χ0n) is 13.5. The van der Waals surface area contributed by atoms with Crippen molar-refractivity contribution in [2.75, 3.05) is 5.32 Å². The monoisotopic (exact) mass is 400 g/mol. The molecule has 24 heavy (non-hydrogen) atoms. The first-order valence-corrected chi connectivity index (χ1v) is 9.26. The van der Waals surface area contributed by atoms with Gasteiger partial charge in [0.05, 0.1) is 12.1 Å². The Balaban J connectivity index is 1.68. The molecular formula is C19H17BrN2OS. The van der Waals surface area contributed by atoms with Crippen molar-refractivity contribution < 1.29 is 4.79 Å². The van der Waals surface area contributed by atoms with Gasteiger partial charge in [0, 0.05) is 15.4 Å². The summed E-state index contributed by atoms with van der Waals surface area (Å²) in [5.41, 5.74) is 5.43. The number of aryl methyl sites for hydroxylation is 2. The molecule has 0 aliphatic heterocycles. The van der Waals surface area contributed by atoms with Gasteiger partial charge in [0.15, 0.2) is 5.13 Å². The van der Waals surface area contributed by atoms with Crippen LogP contribution in [0.15, 0.2) is 52.3 Å². The van der Waals surface area contributed by atoms with Crippen LogP contribution in [0.5, 0.6) is 0 Å². The van der Waals surface area contributed by atoms with Gasteiger partial charge in [-0.15, -0.1) is 11.3 Å². The molecule has 0 saturated heterocycles. The summed E-state index contributed by atoms with van der Waals surface area (Å²) in [4.78, 5) is 16.7. The van der Waals surface area contributed by atoms with Crippen LogP contribution in [0.2, 0.25) is 0 Å². The van der Waals surface area contributed by atoms with Crippen LogP contribution in [0.4, 0.5) is 5.13 Å². The molecule has 3 nitrogen and oxygen atoms in total. The zero-order valence-corrected chi connectivity index (χ0v) is 15.9. The molecule has 1 N–H and O–H groups in total. The molecule has 1 aromatic heterocycles. The lowest BCUT2D eigenvalue weighted by atomic mass is 10.1. The van der Waals surface area contributed by atoms with Gasteiger partial charge in [-0.1, -0.05) is 40.2 Å². The third-order valence-electron chi connectivity index (χ3n) is 3.83. The Morgan fingerprint density at radius 2 is 1.88 bits per heavy atom. The molecular weight excluding hydrogens is 384 g/mol. The fourth-order valence-corrected chi connectivity index (χ4v) is 3.32. The van der Waals surface area contributed by atoms with Gasteiger partial charge in [-0.2, -0.15) is 0 Å². The number of rotatable bonds is 4. The van der Waals surface area contributed by atoms with E-state index in [1.807, 2.05) is 29.6 Å². The molecule has 0 radical (unpaired) electrons. The second-order valence-corrected chi connectivity index (χ2v) is 7.46. The third-order valence-corrected chi connectivity index (χ3v) is 5.12. The minimum atomic E-state index is -0.0571. The SMILES string of the molecule is Cc1ccc(-c2csc(NC(=O)Cc3ccc(Br)cc3)n2)cc1C. The number of amides is 1. The highest BCUT2D eigenvalue weighted by Crippen LogP contribution is 2.26. The molecule has 5 heteroatoms. The second kappa shape index (κ2) is 7.28. The lowest BCUT2D eigenvalue weighted by Gasteiger charge is -2.03. The van der Waals surface area contributed by atoms with Crippen LogP contribution < -0.4 is 5.32 Å². The maximum Gasteiger partial charge on any atom is 0.230 e. The van der Waals surface area contributed by atoms with E-state index < -0.39 is 0 Å². The number of aromatic nitrogens is 1. The van der Waals surface area contributed by atoms with Gasteiger partial charge in [0.2, 0.25) is 5.91 Å². The van der Waals surface area contributed by atoms with E-state index >= 15 is 0 Å². The van der Waals surface area contributed by atoms with Gasteiger partial charge in [-0.3, -0.25) is 4.79 Å². The molecule has 0 fully saturated rings. The Labute approximate surface area is 153 Å². The van der Waals surface area contributed by atoms with Gasteiger partial charge in [0.1, 0.15) is 0 Å². The molecule has 3 aromatic rings. The minimum absolute atomic E-state index is 0.0571. The average Bonchev–Trinajstić information content (AvgIpc) is 3.00. The number of thiazole rings is 1. The fourth-order valence-electron chi connectivity index (χ4n) is 2.32. The molecule has 0 aliphatic rings. The molecule has 2 aromatic carbocycles. The normalized spacial score (nSPS) is 10.6. The van der Waals surface area contributed by atoms with Gasteiger partial charge < -0.3 is 5.32 Å². The summed E-state index contributed by atoms with van der Waals surface area (Å²) in [6, 6.07) is 14.0. The van der Waals surface area contributed by atoms with Crippen LogP contribution in [-0.2, 0) is 11.2 Å². The predicted octanol–water partition coefficient (Wildman–Crippen LogP) is 5.37. The maximum absolute atomic E-state index is 12.2. The van der Waals surface area contributed by atoms with Crippen molar-refractivity contribution in [2.24, 2.45) is 0 Å². The molecule has 0 unspecified atom stereocenters. The first-order valence-electron chi connectivity index (χ1n) is 7.59. The summed E-state index contributed by atoms with van der Waals surface area (Å²) < 4.78 is 1.00. The highest BCUT2D eigenvalue weighted by molar-refractivity contribution is 9.10. The Morgan fingerprint density at radius 1 is 1.12 bits per heavy atom. The summed E-state index contributed by atoms with van der Waals surface area (Å²) in [7, 11) is 0. The van der Waals surface area contributed by atoms with Crippen LogP contribution in [0, 0.1) is 13.8 Å². The number of nitrogens with zero attached hydrogens (tertiary/aromatic N) is 1. The number of carbonyl (C=O) groups excluding carboxylic acids is 1. The highest BCUT2D eigenvalue weighted by atomic mass is 79.9. The fraction of sp³-hybridized carbons (Fsp3) is 0.158. The molecule has 1 amide bonds. The molecule has 0 bridgehead atoms. The number of carbonyl (C=O) groups is 1. The quantitative estimate of drug-likeness (QED) is 0.639. The number of benzene rings is 2. The number of halogens is 1. The highest BCUT2D eigenvalue weighted by Gasteiger charge is 2.09. The van der Waals surface area contributed by atoms with Gasteiger partial charge in [0.25, 0.3) is 0 Å². The van der Waals surface area contributed by atoms with Gasteiger partial charge in [-0.25, -0.2) is 4.98 Å².